The van der Waals surface area contributed by atoms with Crippen molar-refractivity contribution in [3.05, 3.63) is 35.4 Å². The molecule has 0 saturated carbocycles. The number of hydrogen-bond donors (Lipinski definition) is 0. The van der Waals surface area contributed by atoms with Gasteiger partial charge in [0.1, 0.15) is 11.5 Å². The first-order valence-corrected chi connectivity index (χ1v) is 7.87. The van der Waals surface area contributed by atoms with E-state index < -0.39 is 0 Å². The molecule has 0 spiro atoms. The zero-order valence-corrected chi connectivity index (χ0v) is 14.6. The summed E-state index contributed by atoms with van der Waals surface area (Å²) < 4.78 is 16.8. The van der Waals surface area contributed by atoms with Gasteiger partial charge in [0.25, 0.3) is 0 Å². The first-order chi connectivity index (χ1) is 10.4. The molecule has 3 heteroatoms. The number of ether oxygens (including phenoxy) is 3. The van der Waals surface area contributed by atoms with Crippen LogP contribution in [0.4, 0.5) is 0 Å². The molecule has 3 nitrogen and oxygen atoms in total. The van der Waals surface area contributed by atoms with E-state index in [0.29, 0.717) is 5.92 Å². The SMILES string of the molecule is COc1ccc(OC)c([C@H]2C=C(C)CC[C@@H]2C(C)(C)OC)c1. The highest BCUT2D eigenvalue weighted by molar-refractivity contribution is 5.45. The minimum absolute atomic E-state index is 0.185. The summed E-state index contributed by atoms with van der Waals surface area (Å²) in [6.07, 6.45) is 4.61. The molecule has 1 aromatic carbocycles. The van der Waals surface area contributed by atoms with Crippen molar-refractivity contribution in [1.29, 1.82) is 0 Å². The van der Waals surface area contributed by atoms with Crippen LogP contribution in [0.2, 0.25) is 0 Å². The monoisotopic (exact) mass is 304 g/mol. The average molecular weight is 304 g/mol. The molecule has 0 radical (unpaired) electrons. The smallest absolute Gasteiger partial charge is 0.122 e. The Bertz CT molecular complexity index is 546. The molecule has 122 valence electrons. The second-order valence-corrected chi connectivity index (χ2v) is 6.60. The minimum Gasteiger partial charge on any atom is -0.497 e. The molecule has 0 fully saturated rings. The molecule has 0 amide bonds. The van der Waals surface area contributed by atoms with Crippen molar-refractivity contribution in [2.45, 2.75) is 45.1 Å². The van der Waals surface area contributed by atoms with Gasteiger partial charge in [-0.25, -0.2) is 0 Å². The second kappa shape index (κ2) is 6.74. The first-order valence-electron chi connectivity index (χ1n) is 7.87. The molecule has 2 atom stereocenters. The maximum atomic E-state index is 5.79. The van der Waals surface area contributed by atoms with E-state index >= 15 is 0 Å². The molecule has 22 heavy (non-hydrogen) atoms. The first kappa shape index (κ1) is 16.9. The number of rotatable bonds is 5. The van der Waals surface area contributed by atoms with E-state index in [-0.39, 0.29) is 11.5 Å². The van der Waals surface area contributed by atoms with Gasteiger partial charge in [-0.3, -0.25) is 0 Å². The molecular formula is C19H28O3. The van der Waals surface area contributed by atoms with Gasteiger partial charge in [0, 0.05) is 18.6 Å². The molecule has 0 heterocycles. The van der Waals surface area contributed by atoms with Crippen LogP contribution in [0.25, 0.3) is 0 Å². The average Bonchev–Trinajstić information content (AvgIpc) is 2.53. The maximum Gasteiger partial charge on any atom is 0.122 e. The van der Waals surface area contributed by atoms with Gasteiger partial charge in [0.05, 0.1) is 19.8 Å². The van der Waals surface area contributed by atoms with E-state index in [1.807, 2.05) is 12.1 Å². The van der Waals surface area contributed by atoms with Crippen LogP contribution in [0.1, 0.15) is 45.1 Å². The third-order valence-electron chi connectivity index (χ3n) is 4.96. The highest BCUT2D eigenvalue weighted by atomic mass is 16.5. The van der Waals surface area contributed by atoms with E-state index in [0.717, 1.165) is 24.3 Å². The normalized spacial score (nSPS) is 22.2. The van der Waals surface area contributed by atoms with Crippen LogP contribution in [-0.2, 0) is 4.74 Å². The van der Waals surface area contributed by atoms with E-state index in [1.165, 1.54) is 11.1 Å². The molecule has 0 bridgehead atoms. The summed E-state index contributed by atoms with van der Waals surface area (Å²) in [5.74, 6) is 2.45. The zero-order valence-electron chi connectivity index (χ0n) is 14.6. The van der Waals surface area contributed by atoms with Crippen LogP contribution in [0.3, 0.4) is 0 Å². The Hall–Kier alpha value is -1.48. The lowest BCUT2D eigenvalue weighted by Gasteiger charge is -2.41. The third-order valence-corrected chi connectivity index (χ3v) is 4.96. The Balaban J connectivity index is 2.52. The largest absolute Gasteiger partial charge is 0.497 e. The third kappa shape index (κ3) is 3.30. The van der Waals surface area contributed by atoms with Gasteiger partial charge in [-0.2, -0.15) is 0 Å². The quantitative estimate of drug-likeness (QED) is 0.746. The fourth-order valence-corrected chi connectivity index (χ4v) is 3.41. The van der Waals surface area contributed by atoms with Crippen molar-refractivity contribution in [2.24, 2.45) is 5.92 Å². The molecule has 1 aromatic rings. The molecule has 0 aromatic heterocycles. The summed E-state index contributed by atoms with van der Waals surface area (Å²) in [4.78, 5) is 0. The number of benzene rings is 1. The van der Waals surface area contributed by atoms with Crippen molar-refractivity contribution >= 4 is 0 Å². The van der Waals surface area contributed by atoms with E-state index in [1.54, 1.807) is 21.3 Å². The van der Waals surface area contributed by atoms with E-state index in [4.69, 9.17) is 14.2 Å². The van der Waals surface area contributed by atoms with Crippen LogP contribution in [0.15, 0.2) is 29.8 Å². The Morgan fingerprint density at radius 3 is 2.41 bits per heavy atom. The summed E-state index contributed by atoms with van der Waals surface area (Å²) in [5.41, 5.74) is 2.42. The zero-order chi connectivity index (χ0) is 16.3. The van der Waals surface area contributed by atoms with Crippen LogP contribution in [0.5, 0.6) is 11.5 Å². The molecule has 1 aliphatic carbocycles. The lowest BCUT2D eigenvalue weighted by Crippen LogP contribution is -2.38. The molecule has 2 rings (SSSR count). The van der Waals surface area contributed by atoms with Gasteiger partial charge >= 0.3 is 0 Å². The Morgan fingerprint density at radius 1 is 1.09 bits per heavy atom. The predicted octanol–water partition coefficient (Wildman–Crippen LogP) is 4.57. The molecule has 1 aliphatic rings. The Labute approximate surface area is 134 Å². The summed E-state index contributed by atoms with van der Waals surface area (Å²) in [5, 5.41) is 0. The minimum atomic E-state index is -0.185. The van der Waals surface area contributed by atoms with Crippen LogP contribution >= 0.6 is 0 Å². The van der Waals surface area contributed by atoms with Gasteiger partial charge in [-0.05, 0) is 57.7 Å². The number of allylic oxidation sites excluding steroid dienone is 2. The maximum absolute atomic E-state index is 5.79. The van der Waals surface area contributed by atoms with Crippen LogP contribution in [0, 0.1) is 5.92 Å². The van der Waals surface area contributed by atoms with E-state index in [2.05, 4.69) is 32.9 Å². The number of hydrogen-bond acceptors (Lipinski definition) is 3. The standard InChI is InChI=1S/C19H28O3/c1-13-7-9-17(19(2,3)22-6)15(11-13)16-12-14(20-4)8-10-18(16)21-5/h8,10-12,15,17H,7,9H2,1-6H3/t15-,17+/m1/s1. The fourth-order valence-electron chi connectivity index (χ4n) is 3.41. The van der Waals surface area contributed by atoms with E-state index in [9.17, 15) is 0 Å². The van der Waals surface area contributed by atoms with Crippen molar-refractivity contribution in [3.8, 4) is 11.5 Å². The van der Waals surface area contributed by atoms with Gasteiger partial charge in [-0.15, -0.1) is 0 Å². The van der Waals surface area contributed by atoms with Crippen molar-refractivity contribution in [1.82, 2.24) is 0 Å². The molecule has 0 saturated heterocycles. The second-order valence-electron chi connectivity index (χ2n) is 6.60. The summed E-state index contributed by atoms with van der Waals surface area (Å²) in [6.45, 7) is 6.55. The lowest BCUT2D eigenvalue weighted by molar-refractivity contribution is -0.0375. The number of methoxy groups -OCH3 is 3. The van der Waals surface area contributed by atoms with Gasteiger partial charge in [-0.1, -0.05) is 11.6 Å². The topological polar surface area (TPSA) is 27.7 Å². The molecule has 0 aliphatic heterocycles. The van der Waals surface area contributed by atoms with Crippen LogP contribution < -0.4 is 9.47 Å². The Morgan fingerprint density at radius 2 is 1.82 bits per heavy atom. The van der Waals surface area contributed by atoms with Gasteiger partial charge < -0.3 is 14.2 Å². The predicted molar refractivity (Wildman–Crippen MR) is 89.9 cm³/mol. The Kier molecular flexibility index (Phi) is 5.17. The van der Waals surface area contributed by atoms with Crippen molar-refractivity contribution in [3.63, 3.8) is 0 Å². The van der Waals surface area contributed by atoms with Crippen LogP contribution in [-0.4, -0.2) is 26.9 Å². The summed E-state index contributed by atoms with van der Waals surface area (Å²) in [7, 11) is 5.22. The molecule has 0 N–H and O–H groups in total. The summed E-state index contributed by atoms with van der Waals surface area (Å²) in [6, 6.07) is 6.03. The molecule has 0 unspecified atom stereocenters. The fraction of sp³-hybridized carbons (Fsp3) is 0.579. The molecular weight excluding hydrogens is 276 g/mol. The highest BCUT2D eigenvalue weighted by Gasteiger charge is 2.38. The van der Waals surface area contributed by atoms with Gasteiger partial charge in [0.2, 0.25) is 0 Å². The van der Waals surface area contributed by atoms with Crippen molar-refractivity contribution in [2.75, 3.05) is 21.3 Å². The summed E-state index contributed by atoms with van der Waals surface area (Å²) >= 11 is 0. The highest BCUT2D eigenvalue weighted by Crippen LogP contribution is 2.46. The van der Waals surface area contributed by atoms with Crippen molar-refractivity contribution < 1.29 is 14.2 Å². The van der Waals surface area contributed by atoms with Gasteiger partial charge in [0.15, 0.2) is 0 Å². The lowest BCUT2D eigenvalue weighted by atomic mass is 9.70.